The van der Waals surface area contributed by atoms with Crippen LogP contribution in [0.4, 0.5) is 10.5 Å². The van der Waals surface area contributed by atoms with Crippen molar-refractivity contribution in [2.75, 3.05) is 12.4 Å². The molecule has 0 bridgehead atoms. The second-order valence-corrected chi connectivity index (χ2v) is 11.2. The average molecular weight is 524 g/mol. The molecule has 0 heterocycles. The fourth-order valence-corrected chi connectivity index (χ4v) is 4.36. The van der Waals surface area contributed by atoms with E-state index in [0.717, 1.165) is 24.8 Å². The molecule has 2 atom stereocenters. The van der Waals surface area contributed by atoms with Crippen molar-refractivity contribution < 1.29 is 23.9 Å². The molecule has 38 heavy (non-hydrogen) atoms. The molecule has 1 saturated carbocycles. The van der Waals surface area contributed by atoms with Gasteiger partial charge in [-0.3, -0.25) is 9.59 Å². The van der Waals surface area contributed by atoms with Crippen LogP contribution >= 0.6 is 0 Å². The van der Waals surface area contributed by atoms with Gasteiger partial charge in [-0.15, -0.1) is 0 Å². The van der Waals surface area contributed by atoms with Gasteiger partial charge in [0, 0.05) is 11.7 Å². The third kappa shape index (κ3) is 7.49. The Bertz CT molecular complexity index is 1100. The van der Waals surface area contributed by atoms with Gasteiger partial charge in [-0.25, -0.2) is 4.79 Å². The molecule has 1 aliphatic rings. The van der Waals surface area contributed by atoms with Crippen molar-refractivity contribution in [3.8, 4) is 5.75 Å². The number of hydrogen-bond donors (Lipinski definition) is 2. The summed E-state index contributed by atoms with van der Waals surface area (Å²) in [7, 11) is 1.58. The number of ether oxygens (including phenoxy) is 2. The monoisotopic (exact) mass is 523 g/mol. The quantitative estimate of drug-likeness (QED) is 0.445. The van der Waals surface area contributed by atoms with Crippen molar-refractivity contribution in [3.63, 3.8) is 0 Å². The zero-order valence-electron chi connectivity index (χ0n) is 23.5. The van der Waals surface area contributed by atoms with Gasteiger partial charge in [0.1, 0.15) is 23.4 Å². The van der Waals surface area contributed by atoms with Crippen LogP contribution in [0.2, 0.25) is 0 Å². The van der Waals surface area contributed by atoms with E-state index in [0.29, 0.717) is 17.0 Å². The van der Waals surface area contributed by atoms with Gasteiger partial charge in [-0.05, 0) is 82.7 Å². The molecule has 206 valence electrons. The molecule has 2 aromatic carbocycles. The highest BCUT2D eigenvalue weighted by Gasteiger charge is 2.42. The molecular formula is C30H41N3O5. The third-order valence-corrected chi connectivity index (χ3v) is 6.60. The maximum Gasteiger partial charge on any atom is 0.408 e. The Hall–Kier alpha value is -3.55. The number of carbonyl (C=O) groups is 3. The Labute approximate surface area is 226 Å². The highest BCUT2D eigenvalue weighted by molar-refractivity contribution is 5.99. The van der Waals surface area contributed by atoms with E-state index in [1.54, 1.807) is 57.0 Å². The Morgan fingerprint density at radius 1 is 0.974 bits per heavy atom. The summed E-state index contributed by atoms with van der Waals surface area (Å²) in [4.78, 5) is 42.4. The smallest absolute Gasteiger partial charge is 0.408 e. The van der Waals surface area contributed by atoms with Crippen molar-refractivity contribution >= 4 is 23.6 Å². The summed E-state index contributed by atoms with van der Waals surface area (Å²) in [6.07, 6.45) is 1.90. The topological polar surface area (TPSA) is 97.0 Å². The molecule has 0 saturated heterocycles. The first-order valence-corrected chi connectivity index (χ1v) is 13.2. The van der Waals surface area contributed by atoms with E-state index in [9.17, 15) is 14.4 Å². The SMILES string of the molecule is COc1ccc(NC(=O)C(c2ccc(C)cc2)N(C(=O)C(NC(=O)OC(C)(C)C)C(C)C)C2CCC2)cc1. The lowest BCUT2D eigenvalue weighted by molar-refractivity contribution is -0.146. The van der Waals surface area contributed by atoms with Crippen LogP contribution < -0.4 is 15.4 Å². The molecule has 8 heteroatoms. The Morgan fingerprint density at radius 3 is 2.05 bits per heavy atom. The minimum absolute atomic E-state index is 0.114. The van der Waals surface area contributed by atoms with Crippen molar-refractivity contribution in [1.82, 2.24) is 10.2 Å². The van der Waals surface area contributed by atoms with Gasteiger partial charge in [0.05, 0.1) is 7.11 Å². The molecule has 3 amide bonds. The fraction of sp³-hybridized carbons (Fsp3) is 0.500. The third-order valence-electron chi connectivity index (χ3n) is 6.60. The molecule has 1 aliphatic carbocycles. The second kappa shape index (κ2) is 12.3. The molecule has 0 radical (unpaired) electrons. The summed E-state index contributed by atoms with van der Waals surface area (Å²) in [6.45, 7) is 11.0. The summed E-state index contributed by atoms with van der Waals surface area (Å²) < 4.78 is 10.7. The van der Waals surface area contributed by atoms with Crippen molar-refractivity contribution in [3.05, 3.63) is 59.7 Å². The standard InChI is InChI=1S/C30H41N3O5/c1-19(2)25(32-29(36)38-30(4,5)6)28(35)33(23-9-8-10-23)26(21-13-11-20(3)12-14-21)27(34)31-22-15-17-24(37-7)18-16-22/h11-19,23,25-26H,8-10H2,1-7H3,(H,31,34)(H,32,36). The molecule has 0 aromatic heterocycles. The summed E-state index contributed by atoms with van der Waals surface area (Å²) in [5.41, 5.74) is 1.66. The summed E-state index contributed by atoms with van der Waals surface area (Å²) in [5.74, 6) is -0.164. The van der Waals surface area contributed by atoms with Crippen LogP contribution in [0.5, 0.6) is 5.75 Å². The van der Waals surface area contributed by atoms with E-state index >= 15 is 0 Å². The predicted molar refractivity (Wildman–Crippen MR) is 148 cm³/mol. The number of aryl methyl sites for hydroxylation is 1. The molecule has 0 aliphatic heterocycles. The minimum atomic E-state index is -0.878. The van der Waals surface area contributed by atoms with Gasteiger partial charge in [-0.2, -0.15) is 0 Å². The van der Waals surface area contributed by atoms with Crippen molar-refractivity contribution in [2.24, 2.45) is 5.92 Å². The van der Waals surface area contributed by atoms with E-state index in [1.807, 2.05) is 45.0 Å². The van der Waals surface area contributed by atoms with Crippen LogP contribution in [-0.2, 0) is 14.3 Å². The van der Waals surface area contributed by atoms with Gasteiger partial charge in [0.15, 0.2) is 0 Å². The molecule has 0 spiro atoms. The van der Waals surface area contributed by atoms with E-state index < -0.39 is 23.8 Å². The largest absolute Gasteiger partial charge is 0.497 e. The van der Waals surface area contributed by atoms with Gasteiger partial charge >= 0.3 is 6.09 Å². The number of anilines is 1. The first-order valence-electron chi connectivity index (χ1n) is 13.2. The number of alkyl carbamates (subject to hydrolysis) is 1. The lowest BCUT2D eigenvalue weighted by Gasteiger charge is -2.44. The molecule has 8 nitrogen and oxygen atoms in total. The zero-order chi connectivity index (χ0) is 28.0. The molecule has 3 rings (SSSR count). The van der Waals surface area contributed by atoms with Gasteiger partial charge in [0.2, 0.25) is 5.91 Å². The molecule has 1 fully saturated rings. The summed E-state index contributed by atoms with van der Waals surface area (Å²) in [6, 6.07) is 12.9. The molecule has 2 aromatic rings. The summed E-state index contributed by atoms with van der Waals surface area (Å²) in [5, 5.41) is 5.76. The van der Waals surface area contributed by atoms with E-state index in [-0.39, 0.29) is 23.8 Å². The number of nitrogens with one attached hydrogen (secondary N) is 2. The van der Waals surface area contributed by atoms with Crippen LogP contribution in [0.15, 0.2) is 48.5 Å². The van der Waals surface area contributed by atoms with E-state index in [1.165, 1.54) is 0 Å². The van der Waals surface area contributed by atoms with Crippen LogP contribution in [-0.4, -0.2) is 47.6 Å². The van der Waals surface area contributed by atoms with Gasteiger partial charge in [0.25, 0.3) is 5.91 Å². The number of amides is 3. The first kappa shape index (κ1) is 29.0. The van der Waals surface area contributed by atoms with Crippen LogP contribution in [0.1, 0.15) is 71.0 Å². The lowest BCUT2D eigenvalue weighted by atomic mass is 9.87. The van der Waals surface area contributed by atoms with E-state index in [4.69, 9.17) is 9.47 Å². The summed E-state index contributed by atoms with van der Waals surface area (Å²) >= 11 is 0. The number of rotatable bonds is 9. The molecule has 2 unspecified atom stereocenters. The lowest BCUT2D eigenvalue weighted by Crippen LogP contribution is -2.58. The Kier molecular flexibility index (Phi) is 9.41. The first-order chi connectivity index (χ1) is 17.9. The number of nitrogens with zero attached hydrogens (tertiary/aromatic N) is 1. The highest BCUT2D eigenvalue weighted by atomic mass is 16.6. The minimum Gasteiger partial charge on any atom is -0.497 e. The average Bonchev–Trinajstić information content (AvgIpc) is 2.81. The van der Waals surface area contributed by atoms with E-state index in [2.05, 4.69) is 10.6 Å². The maximum atomic E-state index is 14.2. The second-order valence-electron chi connectivity index (χ2n) is 11.2. The Morgan fingerprint density at radius 2 is 1.58 bits per heavy atom. The van der Waals surface area contributed by atoms with Crippen LogP contribution in [0.25, 0.3) is 0 Å². The fourth-order valence-electron chi connectivity index (χ4n) is 4.36. The van der Waals surface area contributed by atoms with Crippen molar-refractivity contribution in [2.45, 2.75) is 84.5 Å². The van der Waals surface area contributed by atoms with Crippen LogP contribution in [0.3, 0.4) is 0 Å². The molecule has 2 N–H and O–H groups in total. The maximum absolute atomic E-state index is 14.2. The number of hydrogen-bond acceptors (Lipinski definition) is 5. The highest BCUT2D eigenvalue weighted by Crippen LogP contribution is 2.35. The number of methoxy groups -OCH3 is 1. The number of benzene rings is 2. The predicted octanol–water partition coefficient (Wildman–Crippen LogP) is 5.61. The zero-order valence-corrected chi connectivity index (χ0v) is 23.5. The van der Waals surface area contributed by atoms with Gasteiger partial charge in [-0.1, -0.05) is 43.7 Å². The Balaban J connectivity index is 1.98. The van der Waals surface area contributed by atoms with Crippen LogP contribution in [0, 0.1) is 12.8 Å². The van der Waals surface area contributed by atoms with Crippen molar-refractivity contribution in [1.29, 1.82) is 0 Å². The normalized spacial score (nSPS) is 15.2. The molecular weight excluding hydrogens is 482 g/mol. The van der Waals surface area contributed by atoms with Gasteiger partial charge < -0.3 is 25.0 Å². The number of carbonyl (C=O) groups excluding carboxylic acids is 3.